The van der Waals surface area contributed by atoms with Gasteiger partial charge in [-0.2, -0.15) is 0 Å². The third-order valence-corrected chi connectivity index (χ3v) is 5.03. The molecule has 0 radical (unpaired) electrons. The van der Waals surface area contributed by atoms with Gasteiger partial charge in [-0.05, 0) is 50.2 Å². The van der Waals surface area contributed by atoms with Crippen LogP contribution in [0.3, 0.4) is 0 Å². The van der Waals surface area contributed by atoms with Crippen LogP contribution in [0.5, 0.6) is 0 Å². The lowest BCUT2D eigenvalue weighted by Gasteiger charge is -2.35. The van der Waals surface area contributed by atoms with E-state index in [-0.39, 0.29) is 0 Å². The molecule has 0 aliphatic heterocycles. The van der Waals surface area contributed by atoms with Crippen molar-refractivity contribution in [3.05, 3.63) is 30.1 Å². The molecular weight excluding hydrogens is 258 g/mol. The Hall–Kier alpha value is -1.35. The largest absolute Gasteiger partial charge is 0.330 e. The van der Waals surface area contributed by atoms with Crippen molar-refractivity contribution in [1.29, 1.82) is 0 Å². The van der Waals surface area contributed by atoms with Crippen LogP contribution in [0.1, 0.15) is 58.3 Å². The molecule has 21 heavy (non-hydrogen) atoms. The molecule has 1 aliphatic carbocycles. The predicted octanol–water partition coefficient (Wildman–Crippen LogP) is 4.19. The number of nitrogens with zero attached hydrogens (tertiary/aromatic N) is 2. The van der Waals surface area contributed by atoms with E-state index in [0.717, 1.165) is 11.3 Å². The van der Waals surface area contributed by atoms with Gasteiger partial charge in [-0.3, -0.25) is 0 Å². The van der Waals surface area contributed by atoms with Crippen molar-refractivity contribution in [2.75, 3.05) is 0 Å². The van der Waals surface area contributed by atoms with Crippen LogP contribution in [0.25, 0.3) is 11.0 Å². The van der Waals surface area contributed by atoms with Crippen LogP contribution in [0.15, 0.2) is 24.3 Å². The first-order chi connectivity index (χ1) is 9.96. The van der Waals surface area contributed by atoms with Gasteiger partial charge in [0.15, 0.2) is 0 Å². The molecule has 3 heteroatoms. The average molecular weight is 285 g/mol. The molecular formula is C18H27N3. The number of fused-ring (bicyclic) bond motifs is 1. The fraction of sp³-hybridized carbons (Fsp3) is 0.611. The zero-order chi connectivity index (χ0) is 15.0. The highest BCUT2D eigenvalue weighted by Crippen LogP contribution is 2.35. The molecule has 1 atom stereocenters. The number of nitrogens with one attached hydrogen (secondary N) is 1. The molecule has 1 heterocycles. The summed E-state index contributed by atoms with van der Waals surface area (Å²) in [7, 11) is 2.12. The summed E-state index contributed by atoms with van der Waals surface area (Å²) in [5, 5.41) is 3.79. The number of para-hydroxylation sites is 2. The quantitative estimate of drug-likeness (QED) is 0.916. The average Bonchev–Trinajstić information content (AvgIpc) is 2.79. The normalized spacial score (nSPS) is 20.8. The SMILES string of the molecule is CC(NC1CCC(C)(C)CC1)c1nc2ccccc2n1C. The van der Waals surface area contributed by atoms with Gasteiger partial charge in [0.2, 0.25) is 0 Å². The third-order valence-electron chi connectivity index (χ3n) is 5.03. The number of imidazole rings is 1. The van der Waals surface area contributed by atoms with Gasteiger partial charge < -0.3 is 9.88 Å². The molecule has 3 nitrogen and oxygen atoms in total. The third kappa shape index (κ3) is 2.98. The fourth-order valence-electron chi connectivity index (χ4n) is 3.55. The number of aryl methyl sites for hydroxylation is 1. The Balaban J connectivity index is 1.72. The number of hydrogen-bond donors (Lipinski definition) is 1. The molecule has 0 amide bonds. The van der Waals surface area contributed by atoms with Crippen molar-refractivity contribution in [3.8, 4) is 0 Å². The lowest BCUT2D eigenvalue weighted by atomic mass is 9.75. The van der Waals surface area contributed by atoms with Crippen LogP contribution in [0.2, 0.25) is 0 Å². The van der Waals surface area contributed by atoms with Gasteiger partial charge in [0, 0.05) is 13.1 Å². The van der Waals surface area contributed by atoms with Crippen molar-refractivity contribution in [1.82, 2.24) is 14.9 Å². The smallest absolute Gasteiger partial charge is 0.126 e. The highest BCUT2D eigenvalue weighted by molar-refractivity contribution is 5.75. The van der Waals surface area contributed by atoms with Crippen LogP contribution < -0.4 is 5.32 Å². The Labute approximate surface area is 127 Å². The summed E-state index contributed by atoms with van der Waals surface area (Å²) in [6.07, 6.45) is 5.20. The zero-order valence-electron chi connectivity index (χ0n) is 13.7. The second kappa shape index (κ2) is 5.45. The van der Waals surface area contributed by atoms with E-state index in [1.54, 1.807) is 0 Å². The maximum Gasteiger partial charge on any atom is 0.126 e. The van der Waals surface area contributed by atoms with Gasteiger partial charge >= 0.3 is 0 Å². The summed E-state index contributed by atoms with van der Waals surface area (Å²) in [6, 6.07) is 9.30. The molecule has 1 aromatic carbocycles. The lowest BCUT2D eigenvalue weighted by Crippen LogP contribution is -2.37. The standard InChI is InChI=1S/C18H27N3/c1-13(19-14-9-11-18(2,3)12-10-14)17-20-15-7-5-6-8-16(15)21(17)4/h5-8,13-14,19H,9-12H2,1-4H3. The summed E-state index contributed by atoms with van der Waals surface area (Å²) in [6.45, 7) is 7.01. The molecule has 0 spiro atoms. The van der Waals surface area contributed by atoms with Crippen LogP contribution in [-0.2, 0) is 7.05 Å². The highest BCUT2D eigenvalue weighted by Gasteiger charge is 2.28. The first-order valence-corrected chi connectivity index (χ1v) is 8.14. The van der Waals surface area contributed by atoms with Crippen LogP contribution in [0, 0.1) is 5.41 Å². The van der Waals surface area contributed by atoms with Gasteiger partial charge in [-0.15, -0.1) is 0 Å². The second-order valence-corrected chi connectivity index (χ2v) is 7.34. The molecule has 1 aromatic heterocycles. The molecule has 1 unspecified atom stereocenters. The molecule has 1 fully saturated rings. The summed E-state index contributed by atoms with van der Waals surface area (Å²) < 4.78 is 2.22. The maximum absolute atomic E-state index is 4.81. The van der Waals surface area contributed by atoms with Gasteiger partial charge in [0.1, 0.15) is 5.82 Å². The first kappa shape index (κ1) is 14.6. The molecule has 2 aromatic rings. The summed E-state index contributed by atoms with van der Waals surface area (Å²) in [5.41, 5.74) is 2.83. The van der Waals surface area contributed by atoms with E-state index in [0.29, 0.717) is 17.5 Å². The van der Waals surface area contributed by atoms with Crippen molar-refractivity contribution in [2.24, 2.45) is 12.5 Å². The maximum atomic E-state index is 4.81. The van der Waals surface area contributed by atoms with E-state index < -0.39 is 0 Å². The predicted molar refractivity (Wildman–Crippen MR) is 88.3 cm³/mol. The molecule has 1 N–H and O–H groups in total. The van der Waals surface area contributed by atoms with Crippen LogP contribution in [0.4, 0.5) is 0 Å². The second-order valence-electron chi connectivity index (χ2n) is 7.34. The Bertz CT molecular complexity index is 616. The first-order valence-electron chi connectivity index (χ1n) is 8.14. The van der Waals surface area contributed by atoms with Gasteiger partial charge in [-0.25, -0.2) is 4.98 Å². The molecule has 1 saturated carbocycles. The van der Waals surface area contributed by atoms with E-state index in [1.807, 2.05) is 0 Å². The summed E-state index contributed by atoms with van der Waals surface area (Å²) in [4.78, 5) is 4.81. The van der Waals surface area contributed by atoms with Crippen LogP contribution >= 0.6 is 0 Å². The van der Waals surface area contributed by atoms with E-state index in [4.69, 9.17) is 4.98 Å². The van der Waals surface area contributed by atoms with E-state index >= 15 is 0 Å². The zero-order valence-corrected chi connectivity index (χ0v) is 13.7. The molecule has 3 rings (SSSR count). The fourth-order valence-corrected chi connectivity index (χ4v) is 3.55. The number of rotatable bonds is 3. The monoisotopic (exact) mass is 285 g/mol. The molecule has 114 valence electrons. The molecule has 0 saturated heterocycles. The van der Waals surface area contributed by atoms with Gasteiger partial charge in [-0.1, -0.05) is 26.0 Å². The van der Waals surface area contributed by atoms with E-state index in [2.05, 4.69) is 62.0 Å². The Morgan fingerprint density at radius 1 is 1.24 bits per heavy atom. The summed E-state index contributed by atoms with van der Waals surface area (Å²) in [5.74, 6) is 1.14. The Morgan fingerprint density at radius 2 is 1.90 bits per heavy atom. The van der Waals surface area contributed by atoms with Gasteiger partial charge in [0.25, 0.3) is 0 Å². The highest BCUT2D eigenvalue weighted by atomic mass is 15.1. The van der Waals surface area contributed by atoms with Crippen molar-refractivity contribution < 1.29 is 0 Å². The summed E-state index contributed by atoms with van der Waals surface area (Å²) >= 11 is 0. The van der Waals surface area contributed by atoms with E-state index in [1.165, 1.54) is 31.2 Å². The lowest BCUT2D eigenvalue weighted by molar-refractivity contribution is 0.198. The van der Waals surface area contributed by atoms with Crippen molar-refractivity contribution in [3.63, 3.8) is 0 Å². The number of aromatic nitrogens is 2. The minimum atomic E-state index is 0.300. The number of hydrogen-bond acceptors (Lipinski definition) is 2. The van der Waals surface area contributed by atoms with Crippen molar-refractivity contribution in [2.45, 2.75) is 58.5 Å². The molecule has 1 aliphatic rings. The van der Waals surface area contributed by atoms with Crippen molar-refractivity contribution >= 4 is 11.0 Å². The minimum Gasteiger partial charge on any atom is -0.330 e. The molecule has 0 bridgehead atoms. The minimum absolute atomic E-state index is 0.300. The topological polar surface area (TPSA) is 29.9 Å². The van der Waals surface area contributed by atoms with Crippen LogP contribution in [-0.4, -0.2) is 15.6 Å². The Kier molecular flexibility index (Phi) is 3.78. The van der Waals surface area contributed by atoms with Gasteiger partial charge in [0.05, 0.1) is 17.1 Å². The number of benzene rings is 1. The van der Waals surface area contributed by atoms with E-state index in [9.17, 15) is 0 Å². The Morgan fingerprint density at radius 3 is 2.57 bits per heavy atom.